The molecular formula is C16H20B3F2N3O2. The maximum atomic E-state index is 13.8. The topological polar surface area (TPSA) is 47.4 Å². The Labute approximate surface area is 153 Å². The molecule has 134 valence electrons. The van der Waals surface area contributed by atoms with Crippen LogP contribution >= 0.6 is 0 Å². The molecule has 26 heavy (non-hydrogen) atoms. The van der Waals surface area contributed by atoms with E-state index in [-0.39, 0.29) is 28.8 Å². The fraction of sp³-hybridized carbons (Fsp3) is 0.375. The molecule has 1 aliphatic rings. The lowest BCUT2D eigenvalue weighted by molar-refractivity contribution is 0.283. The minimum Gasteiger partial charge on any atom is -0.472 e. The van der Waals surface area contributed by atoms with Gasteiger partial charge < -0.3 is 9.64 Å². The van der Waals surface area contributed by atoms with Gasteiger partial charge in [-0.3, -0.25) is 4.57 Å². The van der Waals surface area contributed by atoms with Gasteiger partial charge in [0.2, 0.25) is 5.88 Å². The molecule has 3 rings (SSSR count). The zero-order valence-corrected chi connectivity index (χ0v) is 15.6. The Balaban J connectivity index is 1.94. The number of ether oxygens (including phenoxy) is 1. The van der Waals surface area contributed by atoms with Crippen molar-refractivity contribution in [3.8, 4) is 5.88 Å². The molecule has 5 nitrogen and oxygen atoms in total. The summed E-state index contributed by atoms with van der Waals surface area (Å²) in [7, 11) is 6.20. The van der Waals surface area contributed by atoms with Crippen LogP contribution in [-0.2, 0) is 13.2 Å². The Morgan fingerprint density at radius 2 is 2.00 bits per heavy atom. The highest BCUT2D eigenvalue weighted by Gasteiger charge is 2.42. The third-order valence-electron chi connectivity index (χ3n) is 4.42. The molecule has 10 heteroatoms. The molecule has 0 unspecified atom stereocenters. The molecule has 0 amide bonds. The number of nitrogens with zero attached hydrogens (tertiary/aromatic N) is 3. The average Bonchev–Trinajstić information content (AvgIpc) is 2.79. The van der Waals surface area contributed by atoms with Gasteiger partial charge in [-0.15, -0.1) is 0 Å². The molecule has 1 aromatic heterocycles. The van der Waals surface area contributed by atoms with Crippen molar-refractivity contribution in [3.63, 3.8) is 0 Å². The minimum atomic E-state index is -0.956. The van der Waals surface area contributed by atoms with Crippen molar-refractivity contribution in [2.45, 2.75) is 37.8 Å². The summed E-state index contributed by atoms with van der Waals surface area (Å²) in [6.07, 6.45) is 0. The second-order valence-corrected chi connectivity index (χ2v) is 8.14. The predicted molar refractivity (Wildman–Crippen MR) is 104 cm³/mol. The predicted octanol–water partition coefficient (Wildman–Crippen LogP) is -0.790. The largest absolute Gasteiger partial charge is 0.472 e. The standard InChI is InChI=1S/C16H20B3F2N3O2/c1-15(2)8-23-12(24(15)16(17,18)19)6-11(22-14(23)25)26-7-9-4-3-5-10(20)13(9)21/h3-6H,7-8,17-19H2,1-2H3. The lowest BCUT2D eigenvalue weighted by Gasteiger charge is -2.44. The van der Waals surface area contributed by atoms with E-state index in [1.807, 2.05) is 0 Å². The highest BCUT2D eigenvalue weighted by Crippen LogP contribution is 2.36. The molecule has 0 fully saturated rings. The van der Waals surface area contributed by atoms with Gasteiger partial charge in [-0.1, -0.05) is 12.1 Å². The number of hydrogen-bond donors (Lipinski definition) is 0. The van der Waals surface area contributed by atoms with Crippen LogP contribution in [0, 0.1) is 11.6 Å². The molecule has 0 atom stereocenters. The Morgan fingerprint density at radius 3 is 2.65 bits per heavy atom. The number of rotatable bonds is 4. The Kier molecular flexibility index (Phi) is 4.41. The van der Waals surface area contributed by atoms with Crippen molar-refractivity contribution in [3.05, 3.63) is 51.9 Å². The first-order valence-corrected chi connectivity index (χ1v) is 8.48. The Hall–Kier alpha value is -2.25. The van der Waals surface area contributed by atoms with E-state index in [2.05, 4.69) is 47.3 Å². The average molecular weight is 357 g/mol. The van der Waals surface area contributed by atoms with Gasteiger partial charge in [-0.25, -0.2) is 13.6 Å². The van der Waals surface area contributed by atoms with Crippen LogP contribution in [0.15, 0.2) is 29.1 Å². The Bertz CT molecular complexity index is 913. The number of fused-ring (bicyclic) bond motifs is 1. The first kappa shape index (κ1) is 18.5. The number of hydrogen-bond acceptors (Lipinski definition) is 4. The van der Waals surface area contributed by atoms with Crippen LogP contribution in [0.25, 0.3) is 0 Å². The highest BCUT2D eigenvalue weighted by molar-refractivity contribution is 6.61. The number of benzene rings is 1. The first-order chi connectivity index (χ1) is 12.0. The van der Waals surface area contributed by atoms with Gasteiger partial charge in [0.1, 0.15) is 36.0 Å². The van der Waals surface area contributed by atoms with Gasteiger partial charge in [-0.2, -0.15) is 4.98 Å². The van der Waals surface area contributed by atoms with E-state index in [4.69, 9.17) is 4.74 Å². The van der Waals surface area contributed by atoms with Crippen molar-refractivity contribution >= 4 is 29.4 Å². The monoisotopic (exact) mass is 357 g/mol. The van der Waals surface area contributed by atoms with E-state index >= 15 is 0 Å². The van der Waals surface area contributed by atoms with Crippen molar-refractivity contribution in [1.29, 1.82) is 0 Å². The van der Waals surface area contributed by atoms with Crippen molar-refractivity contribution < 1.29 is 13.5 Å². The van der Waals surface area contributed by atoms with Crippen LogP contribution in [0.3, 0.4) is 0 Å². The van der Waals surface area contributed by atoms with Crippen LogP contribution in [0.4, 0.5) is 14.6 Å². The molecule has 1 aromatic carbocycles. The van der Waals surface area contributed by atoms with Crippen LogP contribution < -0.4 is 15.3 Å². The summed E-state index contributed by atoms with van der Waals surface area (Å²) in [6.45, 7) is 4.43. The van der Waals surface area contributed by atoms with Gasteiger partial charge in [0.15, 0.2) is 11.6 Å². The molecule has 0 spiro atoms. The fourth-order valence-electron chi connectivity index (χ4n) is 3.71. The zero-order chi connectivity index (χ0) is 19.3. The summed E-state index contributed by atoms with van der Waals surface area (Å²) < 4.78 is 34.2. The van der Waals surface area contributed by atoms with E-state index < -0.39 is 17.3 Å². The molecule has 1 aliphatic heterocycles. The van der Waals surface area contributed by atoms with Gasteiger partial charge in [-0.05, 0) is 25.2 Å². The van der Waals surface area contributed by atoms with E-state index in [1.54, 1.807) is 10.6 Å². The number of aromatic nitrogens is 2. The molecule has 0 aliphatic carbocycles. The second-order valence-electron chi connectivity index (χ2n) is 8.14. The molecule has 0 bridgehead atoms. The smallest absolute Gasteiger partial charge is 0.352 e. The summed E-state index contributed by atoms with van der Waals surface area (Å²) in [4.78, 5) is 18.5. The number of halogens is 2. The van der Waals surface area contributed by atoms with Crippen LogP contribution in [0.5, 0.6) is 5.88 Å². The third kappa shape index (κ3) is 3.24. The third-order valence-corrected chi connectivity index (χ3v) is 4.42. The highest BCUT2D eigenvalue weighted by atomic mass is 19.2. The summed E-state index contributed by atoms with van der Waals surface area (Å²) >= 11 is 0. The van der Waals surface area contributed by atoms with Gasteiger partial charge in [0.05, 0.1) is 12.1 Å². The van der Waals surface area contributed by atoms with E-state index in [1.165, 1.54) is 12.1 Å². The molecule has 0 saturated carbocycles. The molecule has 2 heterocycles. The van der Waals surface area contributed by atoms with E-state index in [0.717, 1.165) is 6.07 Å². The maximum Gasteiger partial charge on any atom is 0.352 e. The maximum absolute atomic E-state index is 13.8. The van der Waals surface area contributed by atoms with E-state index in [9.17, 15) is 13.6 Å². The molecule has 0 radical (unpaired) electrons. The fourth-order valence-corrected chi connectivity index (χ4v) is 3.71. The molecule has 2 aromatic rings. The van der Waals surface area contributed by atoms with Crippen molar-refractivity contribution in [1.82, 2.24) is 9.55 Å². The van der Waals surface area contributed by atoms with Gasteiger partial charge in [0.25, 0.3) is 0 Å². The minimum absolute atomic E-state index is 0.0698. The molecular weight excluding hydrogens is 337 g/mol. The van der Waals surface area contributed by atoms with Crippen LogP contribution in [-0.4, -0.2) is 43.9 Å². The molecule has 0 saturated heterocycles. The summed E-state index contributed by atoms with van der Waals surface area (Å²) in [5, 5.41) is -0.221. The van der Waals surface area contributed by atoms with Crippen LogP contribution in [0.1, 0.15) is 19.4 Å². The lowest BCUT2D eigenvalue weighted by Crippen LogP contribution is -2.58. The van der Waals surface area contributed by atoms with Crippen LogP contribution in [0.2, 0.25) is 0 Å². The second kappa shape index (κ2) is 6.18. The normalized spacial score (nSPS) is 15.8. The zero-order valence-electron chi connectivity index (χ0n) is 15.6. The molecule has 0 N–H and O–H groups in total. The van der Waals surface area contributed by atoms with Crippen molar-refractivity contribution in [2.24, 2.45) is 0 Å². The summed E-state index contributed by atoms with van der Waals surface area (Å²) in [6, 6.07) is 5.57. The first-order valence-electron chi connectivity index (χ1n) is 8.48. The van der Waals surface area contributed by atoms with E-state index in [0.29, 0.717) is 12.4 Å². The summed E-state index contributed by atoms with van der Waals surface area (Å²) in [5.41, 5.74) is -0.614. The SMILES string of the molecule is BC(B)(B)N1c2cc(OCc3cccc(F)c3F)nc(=O)n2CC1(C)C. The Morgan fingerprint density at radius 1 is 1.31 bits per heavy atom. The number of anilines is 1. The van der Waals surface area contributed by atoms with Gasteiger partial charge >= 0.3 is 5.69 Å². The summed E-state index contributed by atoms with van der Waals surface area (Å²) in [5.74, 6) is -1.09. The quantitative estimate of drug-likeness (QED) is 0.674. The van der Waals surface area contributed by atoms with Crippen molar-refractivity contribution in [2.75, 3.05) is 4.90 Å². The van der Waals surface area contributed by atoms with Gasteiger partial charge in [0, 0.05) is 11.6 Å². The lowest BCUT2D eigenvalue weighted by atomic mass is 9.47.